The number of aromatic amines is 1. The molecule has 18 heavy (non-hydrogen) atoms. The Hall–Kier alpha value is -2.02. The van der Waals surface area contributed by atoms with E-state index in [1.54, 1.807) is 11.1 Å². The molecule has 0 saturated carbocycles. The first-order chi connectivity index (χ1) is 8.75. The smallest absolute Gasteiger partial charge is 0.275 e. The van der Waals surface area contributed by atoms with E-state index < -0.39 is 0 Å². The summed E-state index contributed by atoms with van der Waals surface area (Å²) < 4.78 is 7.74. The lowest BCUT2D eigenvalue weighted by molar-refractivity contribution is 0.0728. The van der Waals surface area contributed by atoms with Gasteiger partial charge in [0, 0.05) is 36.5 Å². The lowest BCUT2D eigenvalue weighted by Gasteiger charge is -2.27. The van der Waals surface area contributed by atoms with Crippen molar-refractivity contribution in [3.63, 3.8) is 0 Å². The first-order valence-electron chi connectivity index (χ1n) is 5.52. The number of pyridine rings is 1. The Morgan fingerprint density at radius 3 is 3.17 bits per heavy atom. The van der Waals surface area contributed by atoms with Gasteiger partial charge in [-0.1, -0.05) is 0 Å². The second-order valence-corrected chi connectivity index (χ2v) is 4.63. The Balaban J connectivity index is 1.89. The molecule has 3 heterocycles. The van der Waals surface area contributed by atoms with Crippen LogP contribution in [-0.2, 0) is 13.0 Å². The van der Waals surface area contributed by atoms with E-state index >= 15 is 0 Å². The average molecular weight is 262 g/mol. The number of carbonyl (C=O) groups excluding carboxylic acids is 1. The summed E-state index contributed by atoms with van der Waals surface area (Å²) in [4.78, 5) is 28.5. The van der Waals surface area contributed by atoms with Crippen molar-refractivity contribution in [3.05, 3.63) is 45.6 Å². The number of hydrogen-bond donors (Lipinski definition) is 1. The molecule has 0 aliphatic carbocycles. The summed E-state index contributed by atoms with van der Waals surface area (Å²) in [6.45, 7) is 0.922. The molecule has 0 bridgehead atoms. The summed E-state index contributed by atoms with van der Waals surface area (Å²) in [7, 11) is 0. The molecular formula is C11H10N4O2S. The first-order valence-corrected chi connectivity index (χ1v) is 6.25. The van der Waals surface area contributed by atoms with Gasteiger partial charge in [-0.05, 0) is 0 Å². The summed E-state index contributed by atoms with van der Waals surface area (Å²) in [6, 6.07) is 1.48. The van der Waals surface area contributed by atoms with Crippen LogP contribution in [-0.4, -0.2) is 31.1 Å². The number of amides is 1. The van der Waals surface area contributed by atoms with Gasteiger partial charge < -0.3 is 9.88 Å². The molecule has 1 N–H and O–H groups in total. The van der Waals surface area contributed by atoms with Crippen molar-refractivity contribution in [2.45, 2.75) is 13.0 Å². The molecule has 0 fully saturated rings. The topological polar surface area (TPSA) is 79.0 Å². The number of nitrogens with one attached hydrogen (secondary N) is 1. The largest absolute Gasteiger partial charge is 0.364 e. The predicted octanol–water partition coefficient (Wildman–Crippen LogP) is 0.425. The first kappa shape index (κ1) is 11.1. The Morgan fingerprint density at radius 1 is 1.50 bits per heavy atom. The van der Waals surface area contributed by atoms with Gasteiger partial charge in [-0.25, -0.2) is 0 Å². The second-order valence-electron chi connectivity index (χ2n) is 4.07. The average Bonchev–Trinajstić information content (AvgIpc) is 2.92. The van der Waals surface area contributed by atoms with E-state index in [0.29, 0.717) is 30.8 Å². The summed E-state index contributed by atoms with van der Waals surface area (Å²) in [5, 5.41) is 0. The van der Waals surface area contributed by atoms with E-state index in [4.69, 9.17) is 0 Å². The number of carbonyl (C=O) groups is 1. The fourth-order valence-electron chi connectivity index (χ4n) is 2.06. The fourth-order valence-corrected chi connectivity index (χ4v) is 2.47. The van der Waals surface area contributed by atoms with E-state index in [9.17, 15) is 9.59 Å². The number of hydrogen-bond acceptors (Lipinski definition) is 5. The number of fused-ring (bicyclic) bond motifs is 1. The minimum atomic E-state index is -0.169. The van der Waals surface area contributed by atoms with Crippen molar-refractivity contribution in [1.82, 2.24) is 18.6 Å². The molecule has 3 rings (SSSR count). The van der Waals surface area contributed by atoms with Crippen molar-refractivity contribution >= 4 is 17.6 Å². The third kappa shape index (κ3) is 1.82. The normalized spacial score (nSPS) is 14.3. The van der Waals surface area contributed by atoms with Crippen LogP contribution in [0.5, 0.6) is 0 Å². The predicted molar refractivity (Wildman–Crippen MR) is 65.4 cm³/mol. The molecule has 0 unspecified atom stereocenters. The molecule has 0 radical (unpaired) electrons. The van der Waals surface area contributed by atoms with Gasteiger partial charge in [0.1, 0.15) is 0 Å². The quantitative estimate of drug-likeness (QED) is 0.808. The standard InChI is InChI=1S/C11H10N4O2S/c16-10-1-3-12-8-2-4-15(6-7(8)10)11(17)9-5-13-18-14-9/h1,3,5H,2,4,6H2,(H,12,16). The van der Waals surface area contributed by atoms with Gasteiger partial charge in [-0.2, -0.15) is 8.75 Å². The highest BCUT2D eigenvalue weighted by Crippen LogP contribution is 2.15. The molecule has 1 aliphatic heterocycles. The minimum Gasteiger partial charge on any atom is -0.364 e. The lowest BCUT2D eigenvalue weighted by Crippen LogP contribution is -2.38. The summed E-state index contributed by atoms with van der Waals surface area (Å²) >= 11 is 1.01. The molecule has 2 aromatic rings. The highest BCUT2D eigenvalue weighted by Gasteiger charge is 2.24. The van der Waals surface area contributed by atoms with E-state index in [-0.39, 0.29) is 11.3 Å². The second kappa shape index (κ2) is 4.34. The molecule has 0 saturated heterocycles. The SMILES string of the molecule is O=C(c1cnsn1)N1CCc2[nH]ccc(=O)c2C1. The van der Waals surface area contributed by atoms with Gasteiger partial charge in [0.25, 0.3) is 5.91 Å². The highest BCUT2D eigenvalue weighted by atomic mass is 32.1. The molecule has 2 aromatic heterocycles. The molecular weight excluding hydrogens is 252 g/mol. The minimum absolute atomic E-state index is 0.0300. The number of aromatic nitrogens is 3. The zero-order valence-corrected chi connectivity index (χ0v) is 10.2. The maximum absolute atomic E-state index is 12.1. The zero-order chi connectivity index (χ0) is 12.5. The van der Waals surface area contributed by atoms with Crippen molar-refractivity contribution in [2.75, 3.05) is 6.54 Å². The zero-order valence-electron chi connectivity index (χ0n) is 9.42. The van der Waals surface area contributed by atoms with Gasteiger partial charge in [-0.3, -0.25) is 9.59 Å². The number of nitrogens with zero attached hydrogens (tertiary/aromatic N) is 3. The van der Waals surface area contributed by atoms with E-state index in [1.165, 1.54) is 12.3 Å². The fraction of sp³-hybridized carbons (Fsp3) is 0.273. The summed E-state index contributed by atoms with van der Waals surface area (Å²) in [6.07, 6.45) is 3.76. The summed E-state index contributed by atoms with van der Waals surface area (Å²) in [5.41, 5.74) is 1.90. The van der Waals surface area contributed by atoms with E-state index in [0.717, 1.165) is 17.4 Å². The Labute approximate surface area is 107 Å². The maximum atomic E-state index is 12.1. The monoisotopic (exact) mass is 262 g/mol. The van der Waals surface area contributed by atoms with Gasteiger partial charge in [0.05, 0.1) is 24.5 Å². The maximum Gasteiger partial charge on any atom is 0.275 e. The molecule has 92 valence electrons. The Kier molecular flexibility index (Phi) is 2.67. The lowest BCUT2D eigenvalue weighted by atomic mass is 10.1. The molecule has 1 aliphatic rings. The van der Waals surface area contributed by atoms with Crippen molar-refractivity contribution in [3.8, 4) is 0 Å². The van der Waals surface area contributed by atoms with Crippen LogP contribution >= 0.6 is 11.7 Å². The van der Waals surface area contributed by atoms with Crippen LogP contribution in [0.25, 0.3) is 0 Å². The van der Waals surface area contributed by atoms with Crippen LogP contribution in [0.1, 0.15) is 21.7 Å². The molecule has 0 aromatic carbocycles. The van der Waals surface area contributed by atoms with Crippen LogP contribution in [0.3, 0.4) is 0 Å². The Bertz CT molecular complexity index is 635. The van der Waals surface area contributed by atoms with Gasteiger partial charge in [-0.15, -0.1) is 0 Å². The Morgan fingerprint density at radius 2 is 2.39 bits per heavy atom. The molecule has 0 atom stereocenters. The van der Waals surface area contributed by atoms with Crippen LogP contribution in [0, 0.1) is 0 Å². The number of rotatable bonds is 1. The number of H-pyrrole nitrogens is 1. The third-order valence-corrected chi connectivity index (χ3v) is 3.48. The van der Waals surface area contributed by atoms with E-state index in [2.05, 4.69) is 13.7 Å². The highest BCUT2D eigenvalue weighted by molar-refractivity contribution is 6.99. The van der Waals surface area contributed by atoms with Gasteiger partial charge in [0.15, 0.2) is 11.1 Å². The molecule has 7 heteroatoms. The molecule has 0 spiro atoms. The van der Waals surface area contributed by atoms with Crippen LogP contribution in [0.15, 0.2) is 23.3 Å². The van der Waals surface area contributed by atoms with Gasteiger partial charge in [0.2, 0.25) is 0 Å². The summed E-state index contributed by atoms with van der Waals surface area (Å²) in [5.74, 6) is -0.169. The van der Waals surface area contributed by atoms with Crippen molar-refractivity contribution in [2.24, 2.45) is 0 Å². The van der Waals surface area contributed by atoms with Crippen molar-refractivity contribution in [1.29, 1.82) is 0 Å². The molecule has 6 nitrogen and oxygen atoms in total. The molecule has 1 amide bonds. The van der Waals surface area contributed by atoms with Crippen LogP contribution < -0.4 is 5.43 Å². The van der Waals surface area contributed by atoms with E-state index in [1.807, 2.05) is 0 Å². The van der Waals surface area contributed by atoms with Crippen LogP contribution in [0.4, 0.5) is 0 Å². The third-order valence-electron chi connectivity index (χ3n) is 3.00. The van der Waals surface area contributed by atoms with Gasteiger partial charge >= 0.3 is 0 Å². The van der Waals surface area contributed by atoms with Crippen LogP contribution in [0.2, 0.25) is 0 Å². The van der Waals surface area contributed by atoms with Crippen molar-refractivity contribution < 1.29 is 4.79 Å².